The van der Waals surface area contributed by atoms with Gasteiger partial charge in [-0.3, -0.25) is 4.79 Å². The summed E-state index contributed by atoms with van der Waals surface area (Å²) < 4.78 is 46.6. The maximum Gasteiger partial charge on any atom is 0.419 e. The van der Waals surface area contributed by atoms with Crippen molar-refractivity contribution in [2.45, 2.75) is 70.7 Å². The van der Waals surface area contributed by atoms with Crippen LogP contribution in [0.15, 0.2) is 54.7 Å². The molecule has 12 heteroatoms. The van der Waals surface area contributed by atoms with Crippen LogP contribution in [-0.2, 0) is 35.0 Å². The fourth-order valence-electron chi connectivity index (χ4n) is 4.96. The van der Waals surface area contributed by atoms with Gasteiger partial charge in [-0.15, -0.1) is 0 Å². The van der Waals surface area contributed by atoms with Gasteiger partial charge in [-0.05, 0) is 81.8 Å². The molecule has 230 valence electrons. The van der Waals surface area contributed by atoms with Crippen LogP contribution in [0.2, 0.25) is 0 Å². The van der Waals surface area contributed by atoms with Crippen LogP contribution in [0.4, 0.5) is 35.3 Å². The number of halogens is 3. The van der Waals surface area contributed by atoms with Gasteiger partial charge in [-0.1, -0.05) is 24.3 Å². The van der Waals surface area contributed by atoms with E-state index in [-0.39, 0.29) is 36.9 Å². The summed E-state index contributed by atoms with van der Waals surface area (Å²) in [5.74, 6) is -0.460. The Kier molecular flexibility index (Phi) is 9.77. The van der Waals surface area contributed by atoms with Crippen LogP contribution in [-0.4, -0.2) is 46.7 Å². The fraction of sp³-hybridized carbons (Fsp3) is 0.419. The number of primary amides is 1. The number of nitrogens with one attached hydrogen (secondary N) is 2. The Hall–Kier alpha value is -4.35. The summed E-state index contributed by atoms with van der Waals surface area (Å²) in [6, 6.07) is 14.6. The average molecular weight is 599 g/mol. The van der Waals surface area contributed by atoms with Crippen LogP contribution in [0, 0.1) is 0 Å². The molecule has 43 heavy (non-hydrogen) atoms. The molecule has 4 N–H and O–H groups in total. The molecule has 2 amide bonds. The molecular weight excluding hydrogens is 561 g/mol. The Morgan fingerprint density at radius 3 is 2.26 bits per heavy atom. The molecule has 1 aliphatic heterocycles. The molecule has 0 atom stereocenters. The molecule has 0 bridgehead atoms. The highest BCUT2D eigenvalue weighted by Crippen LogP contribution is 2.32. The number of hydrogen-bond acceptors (Lipinski definition) is 7. The number of carbonyl (C=O) groups is 2. The van der Waals surface area contributed by atoms with Crippen molar-refractivity contribution < 1.29 is 27.5 Å². The zero-order valence-corrected chi connectivity index (χ0v) is 24.5. The highest BCUT2D eigenvalue weighted by molar-refractivity contribution is 5.77. The number of anilines is 3. The zero-order chi connectivity index (χ0) is 31.2. The van der Waals surface area contributed by atoms with E-state index in [1.54, 1.807) is 24.3 Å². The molecular formula is C31H37F3N6O3. The number of rotatable bonds is 9. The Balaban J connectivity index is 1.39. The highest BCUT2D eigenvalue weighted by Gasteiger charge is 2.35. The van der Waals surface area contributed by atoms with Gasteiger partial charge in [0.15, 0.2) is 0 Å². The molecule has 3 aromatic rings. The van der Waals surface area contributed by atoms with Gasteiger partial charge in [0.2, 0.25) is 11.9 Å². The van der Waals surface area contributed by atoms with Gasteiger partial charge >= 0.3 is 12.3 Å². The van der Waals surface area contributed by atoms with Crippen molar-refractivity contribution in [1.29, 1.82) is 0 Å². The number of nitrogens with zero attached hydrogens (tertiary/aromatic N) is 3. The second-order valence-electron chi connectivity index (χ2n) is 11.5. The summed E-state index contributed by atoms with van der Waals surface area (Å²) in [5, 5.41) is 5.93. The van der Waals surface area contributed by atoms with Crippen LogP contribution in [0.5, 0.6) is 0 Å². The van der Waals surface area contributed by atoms with E-state index < -0.39 is 29.3 Å². The predicted octanol–water partition coefficient (Wildman–Crippen LogP) is 5.55. The second kappa shape index (κ2) is 13.3. The van der Waals surface area contributed by atoms with Crippen molar-refractivity contribution in [3.05, 3.63) is 77.1 Å². The van der Waals surface area contributed by atoms with Gasteiger partial charge < -0.3 is 26.0 Å². The first kappa shape index (κ1) is 31.6. The van der Waals surface area contributed by atoms with Crippen molar-refractivity contribution in [3.8, 4) is 0 Å². The lowest BCUT2D eigenvalue weighted by Gasteiger charge is -2.34. The van der Waals surface area contributed by atoms with E-state index in [1.165, 1.54) is 0 Å². The number of piperidine rings is 1. The van der Waals surface area contributed by atoms with Crippen LogP contribution in [0.3, 0.4) is 0 Å². The van der Waals surface area contributed by atoms with E-state index in [0.29, 0.717) is 11.3 Å². The summed E-state index contributed by atoms with van der Waals surface area (Å²) in [6.45, 7) is 6.98. The lowest BCUT2D eigenvalue weighted by Crippen LogP contribution is -2.46. The van der Waals surface area contributed by atoms with Crippen molar-refractivity contribution in [2.24, 2.45) is 5.73 Å². The van der Waals surface area contributed by atoms with Crippen LogP contribution < -0.4 is 21.3 Å². The number of alkyl carbamates (subject to hydrolysis) is 1. The van der Waals surface area contributed by atoms with Gasteiger partial charge in [-0.2, -0.15) is 13.2 Å². The summed E-state index contributed by atoms with van der Waals surface area (Å²) >= 11 is 0. The van der Waals surface area contributed by atoms with Gasteiger partial charge in [0, 0.05) is 36.7 Å². The van der Waals surface area contributed by atoms with E-state index in [4.69, 9.17) is 10.5 Å². The lowest BCUT2D eigenvalue weighted by molar-refractivity contribution is -0.138. The summed E-state index contributed by atoms with van der Waals surface area (Å²) in [7, 11) is 0. The molecule has 0 aliphatic carbocycles. The number of aryl methyl sites for hydroxylation is 2. The van der Waals surface area contributed by atoms with Crippen molar-refractivity contribution >= 4 is 29.3 Å². The molecule has 1 saturated heterocycles. The van der Waals surface area contributed by atoms with E-state index in [2.05, 4.69) is 25.5 Å². The quantitative estimate of drug-likeness (QED) is 0.295. The Labute approximate surface area is 249 Å². The first-order valence-corrected chi connectivity index (χ1v) is 14.2. The Morgan fingerprint density at radius 1 is 1.00 bits per heavy atom. The third-order valence-corrected chi connectivity index (χ3v) is 6.99. The van der Waals surface area contributed by atoms with Gasteiger partial charge in [0.25, 0.3) is 0 Å². The van der Waals surface area contributed by atoms with E-state index >= 15 is 0 Å². The highest BCUT2D eigenvalue weighted by atomic mass is 19.4. The molecule has 2 heterocycles. The fourth-order valence-corrected chi connectivity index (χ4v) is 4.96. The number of ether oxygens (including phenoxy) is 1. The lowest BCUT2D eigenvalue weighted by atomic mass is 9.98. The molecule has 9 nitrogen and oxygen atoms in total. The van der Waals surface area contributed by atoms with Gasteiger partial charge in [0.05, 0.1) is 17.7 Å². The van der Waals surface area contributed by atoms with E-state index in [1.807, 2.05) is 45.0 Å². The van der Waals surface area contributed by atoms with E-state index in [0.717, 1.165) is 43.4 Å². The van der Waals surface area contributed by atoms with Crippen molar-refractivity contribution in [1.82, 2.24) is 15.3 Å². The van der Waals surface area contributed by atoms with Crippen molar-refractivity contribution in [3.63, 3.8) is 0 Å². The molecule has 1 aliphatic rings. The van der Waals surface area contributed by atoms with Gasteiger partial charge in [-0.25, -0.2) is 14.8 Å². The molecule has 4 rings (SSSR count). The molecule has 0 unspecified atom stereocenters. The Bertz CT molecular complexity index is 1420. The van der Waals surface area contributed by atoms with Crippen LogP contribution >= 0.6 is 0 Å². The topological polar surface area (TPSA) is 122 Å². The maximum atomic E-state index is 13.8. The molecule has 1 aromatic heterocycles. The third kappa shape index (κ3) is 9.32. The number of benzene rings is 2. The van der Waals surface area contributed by atoms with E-state index in [9.17, 15) is 22.8 Å². The number of nitrogens with two attached hydrogens (primary N) is 1. The number of carbonyl (C=O) groups excluding carboxylic acids is 2. The molecule has 2 aromatic carbocycles. The van der Waals surface area contributed by atoms with Crippen LogP contribution in [0.25, 0.3) is 0 Å². The number of aromatic nitrogens is 2. The monoisotopic (exact) mass is 598 g/mol. The maximum absolute atomic E-state index is 13.8. The number of alkyl halides is 3. The summed E-state index contributed by atoms with van der Waals surface area (Å²) in [5.41, 5.74) is 6.78. The minimum atomic E-state index is -4.61. The normalized spacial score (nSPS) is 14.3. The summed E-state index contributed by atoms with van der Waals surface area (Å²) in [4.78, 5) is 33.8. The molecule has 0 saturated carbocycles. The van der Waals surface area contributed by atoms with Crippen molar-refractivity contribution in [2.75, 3.05) is 23.3 Å². The second-order valence-corrected chi connectivity index (χ2v) is 11.5. The minimum absolute atomic E-state index is 0.000501. The number of hydrogen-bond donors (Lipinski definition) is 3. The molecule has 0 spiro atoms. The number of amides is 2. The first-order valence-electron chi connectivity index (χ1n) is 14.2. The SMILES string of the molecule is CC(C)(C)OC(=O)NC1CCN(c2ccc(Nc3ncc(C(F)(F)F)c(CCc4ccccc4CC(N)=O)n3)cc2)CC1. The standard InChI is InChI=1S/C31H37F3N6O3/c1-30(2,3)43-29(42)38-23-14-16-40(17-15-23)24-11-9-22(10-12-24)37-28-36-19-25(31(32,33)34)26(39-28)13-8-20-6-4-5-7-21(20)18-27(35)41/h4-7,9-12,19,23H,8,13-18H2,1-3H3,(H2,35,41)(H,38,42)(H,36,37,39). The summed E-state index contributed by atoms with van der Waals surface area (Å²) in [6.07, 6.45) is -2.43. The van der Waals surface area contributed by atoms with Gasteiger partial charge in [0.1, 0.15) is 5.60 Å². The van der Waals surface area contributed by atoms with Crippen LogP contribution in [0.1, 0.15) is 56.0 Å². The average Bonchev–Trinajstić information content (AvgIpc) is 2.91. The smallest absolute Gasteiger partial charge is 0.419 e. The molecule has 1 fully saturated rings. The predicted molar refractivity (Wildman–Crippen MR) is 158 cm³/mol. The minimum Gasteiger partial charge on any atom is -0.444 e. The molecule has 0 radical (unpaired) electrons. The largest absolute Gasteiger partial charge is 0.444 e. The Morgan fingerprint density at radius 2 is 1.65 bits per heavy atom. The third-order valence-electron chi connectivity index (χ3n) is 6.99. The zero-order valence-electron chi connectivity index (χ0n) is 24.5. The first-order chi connectivity index (χ1) is 20.3.